The number of phenolic OH excluding ortho intramolecular Hbond substituents is 1. The van der Waals surface area contributed by atoms with Gasteiger partial charge in [-0.15, -0.1) is 5.11 Å². The summed E-state index contributed by atoms with van der Waals surface area (Å²) in [5.41, 5.74) is 2.28. The van der Waals surface area contributed by atoms with Crippen molar-refractivity contribution < 1.29 is 5.11 Å². The fourth-order valence-corrected chi connectivity index (χ4v) is 2.52. The molecule has 0 saturated heterocycles. The third kappa shape index (κ3) is 4.26. The van der Waals surface area contributed by atoms with Crippen LogP contribution in [0.15, 0.2) is 51.1 Å². The summed E-state index contributed by atoms with van der Waals surface area (Å²) < 4.78 is 1.78. The first-order chi connectivity index (χ1) is 9.77. The predicted molar refractivity (Wildman–Crippen MR) is 97.8 cm³/mol. The second kappa shape index (κ2) is 6.44. The number of aromatic hydroxyl groups is 1. The van der Waals surface area contributed by atoms with E-state index in [-0.39, 0.29) is 11.2 Å². The summed E-state index contributed by atoms with van der Waals surface area (Å²) >= 11 is 5.61. The van der Waals surface area contributed by atoms with E-state index in [2.05, 4.69) is 69.5 Å². The minimum atomic E-state index is -0.0245. The highest BCUT2D eigenvalue weighted by molar-refractivity contribution is 14.1. The van der Waals surface area contributed by atoms with Crippen molar-refractivity contribution in [2.75, 3.05) is 0 Å². The number of rotatable bonds is 2. The first-order valence-corrected chi connectivity index (χ1v) is 8.35. The van der Waals surface area contributed by atoms with Crippen LogP contribution >= 0.6 is 38.5 Å². The van der Waals surface area contributed by atoms with Crippen LogP contribution in [0.1, 0.15) is 26.3 Å². The molecule has 0 fully saturated rings. The molecule has 0 aliphatic heterocycles. The second-order valence-corrected chi connectivity index (χ2v) is 7.85. The zero-order chi connectivity index (χ0) is 15.6. The minimum Gasteiger partial charge on any atom is -0.505 e. The Morgan fingerprint density at radius 3 is 2.24 bits per heavy atom. The van der Waals surface area contributed by atoms with E-state index < -0.39 is 0 Å². The second-order valence-electron chi connectivity index (χ2n) is 5.75. The molecule has 0 amide bonds. The quantitative estimate of drug-likeness (QED) is 0.406. The van der Waals surface area contributed by atoms with Crippen LogP contribution in [0, 0.1) is 3.57 Å². The van der Waals surface area contributed by atoms with Crippen molar-refractivity contribution in [3.05, 3.63) is 50.0 Å². The van der Waals surface area contributed by atoms with Crippen molar-refractivity contribution >= 4 is 49.9 Å². The molecule has 2 rings (SSSR count). The fraction of sp³-hybridized carbons (Fsp3) is 0.250. The molecule has 2 aromatic carbocycles. The van der Waals surface area contributed by atoms with Gasteiger partial charge >= 0.3 is 0 Å². The molecule has 5 heteroatoms. The maximum atomic E-state index is 10.1. The summed E-state index contributed by atoms with van der Waals surface area (Å²) in [6.07, 6.45) is 0. The lowest BCUT2D eigenvalue weighted by atomic mass is 9.87. The Kier molecular flexibility index (Phi) is 5.03. The summed E-state index contributed by atoms with van der Waals surface area (Å²) in [6, 6.07) is 11.5. The van der Waals surface area contributed by atoms with Gasteiger partial charge in [-0.3, -0.25) is 0 Å². The van der Waals surface area contributed by atoms with E-state index in [0.29, 0.717) is 10.2 Å². The van der Waals surface area contributed by atoms with Crippen LogP contribution in [-0.4, -0.2) is 5.11 Å². The molecule has 0 atom stereocenters. The summed E-state index contributed by atoms with van der Waals surface area (Å²) in [7, 11) is 0. The third-order valence-electron chi connectivity index (χ3n) is 3.01. The zero-order valence-electron chi connectivity index (χ0n) is 12.1. The smallest absolute Gasteiger partial charge is 0.157 e. The van der Waals surface area contributed by atoms with Gasteiger partial charge in [0.2, 0.25) is 0 Å². The van der Waals surface area contributed by atoms with Crippen LogP contribution in [0.2, 0.25) is 0 Å². The highest BCUT2D eigenvalue weighted by Gasteiger charge is 2.17. The summed E-state index contributed by atoms with van der Waals surface area (Å²) in [6.45, 7) is 6.35. The average Bonchev–Trinajstić information content (AvgIpc) is 2.41. The Bertz CT molecular complexity index is 676. The molecule has 1 N–H and O–H groups in total. The fourth-order valence-electron chi connectivity index (χ4n) is 1.71. The molecule has 0 spiro atoms. The van der Waals surface area contributed by atoms with Crippen LogP contribution < -0.4 is 0 Å². The Balaban J connectivity index is 2.39. The number of azo groups is 1. The Labute approximate surface area is 146 Å². The SMILES string of the molecule is CC(C)(C)c1cc(Br)c(O)c(N=Nc2ccc(I)cc2)c1. The van der Waals surface area contributed by atoms with E-state index in [0.717, 1.165) is 14.8 Å². The van der Waals surface area contributed by atoms with E-state index in [9.17, 15) is 5.11 Å². The van der Waals surface area contributed by atoms with Gasteiger partial charge in [0.05, 0.1) is 10.2 Å². The van der Waals surface area contributed by atoms with Crippen molar-refractivity contribution in [3.63, 3.8) is 0 Å². The molecule has 0 heterocycles. The molecule has 0 radical (unpaired) electrons. The van der Waals surface area contributed by atoms with E-state index >= 15 is 0 Å². The standard InChI is InChI=1S/C16H16BrIN2O/c1-16(2,3)10-8-13(17)15(21)14(9-10)20-19-12-6-4-11(18)5-7-12/h4-9,21H,1-3H3. The normalized spacial score (nSPS) is 12.0. The van der Waals surface area contributed by atoms with Crippen LogP contribution in [0.3, 0.4) is 0 Å². The monoisotopic (exact) mass is 458 g/mol. The molecule has 21 heavy (non-hydrogen) atoms. The maximum Gasteiger partial charge on any atom is 0.157 e. The number of nitrogens with zero attached hydrogens (tertiary/aromatic N) is 2. The molecular weight excluding hydrogens is 443 g/mol. The first-order valence-electron chi connectivity index (χ1n) is 6.47. The number of halogens is 2. The van der Waals surface area contributed by atoms with Crippen LogP contribution in [0.25, 0.3) is 0 Å². The molecule has 0 bridgehead atoms. The van der Waals surface area contributed by atoms with Gasteiger partial charge in [-0.25, -0.2) is 0 Å². The third-order valence-corrected chi connectivity index (χ3v) is 4.33. The number of phenols is 1. The van der Waals surface area contributed by atoms with E-state index in [1.54, 1.807) is 0 Å². The Morgan fingerprint density at radius 1 is 1.05 bits per heavy atom. The van der Waals surface area contributed by atoms with Gasteiger partial charge in [-0.05, 0) is 85.9 Å². The number of hydrogen-bond acceptors (Lipinski definition) is 3. The lowest BCUT2D eigenvalue weighted by molar-refractivity contribution is 0.471. The van der Waals surface area contributed by atoms with Gasteiger partial charge in [-0.1, -0.05) is 20.8 Å². The first kappa shape index (κ1) is 16.4. The van der Waals surface area contributed by atoms with Crippen LogP contribution in [0.4, 0.5) is 11.4 Å². The van der Waals surface area contributed by atoms with Crippen molar-refractivity contribution in [2.45, 2.75) is 26.2 Å². The van der Waals surface area contributed by atoms with Crippen molar-refractivity contribution in [2.24, 2.45) is 10.2 Å². The number of benzene rings is 2. The highest BCUT2D eigenvalue weighted by atomic mass is 127. The van der Waals surface area contributed by atoms with Gasteiger partial charge in [-0.2, -0.15) is 5.11 Å². The Hall–Kier alpha value is -0.950. The van der Waals surface area contributed by atoms with Gasteiger partial charge in [0.1, 0.15) is 5.69 Å². The summed E-state index contributed by atoms with van der Waals surface area (Å²) in [5, 5.41) is 18.5. The minimum absolute atomic E-state index is 0.0245. The Morgan fingerprint density at radius 2 is 1.67 bits per heavy atom. The van der Waals surface area contributed by atoms with Crippen molar-refractivity contribution in [1.29, 1.82) is 0 Å². The van der Waals surface area contributed by atoms with Gasteiger partial charge in [0.25, 0.3) is 0 Å². The molecule has 0 aliphatic carbocycles. The van der Waals surface area contributed by atoms with Crippen LogP contribution in [0.5, 0.6) is 5.75 Å². The van der Waals surface area contributed by atoms with Crippen molar-refractivity contribution in [1.82, 2.24) is 0 Å². The van der Waals surface area contributed by atoms with Gasteiger partial charge in [0.15, 0.2) is 5.75 Å². The molecule has 0 aromatic heterocycles. The topological polar surface area (TPSA) is 45.0 Å². The number of hydrogen-bond donors (Lipinski definition) is 1. The molecular formula is C16H16BrIN2O. The van der Waals surface area contributed by atoms with Gasteiger partial charge < -0.3 is 5.11 Å². The molecule has 3 nitrogen and oxygen atoms in total. The van der Waals surface area contributed by atoms with E-state index in [4.69, 9.17) is 0 Å². The lowest BCUT2D eigenvalue weighted by Crippen LogP contribution is -2.10. The lowest BCUT2D eigenvalue weighted by Gasteiger charge is -2.20. The van der Waals surface area contributed by atoms with Gasteiger partial charge in [0, 0.05) is 3.57 Å². The molecule has 110 valence electrons. The predicted octanol–water partition coefficient (Wildman–Crippen LogP) is 6.47. The molecule has 2 aromatic rings. The van der Waals surface area contributed by atoms with E-state index in [1.807, 2.05) is 36.4 Å². The zero-order valence-corrected chi connectivity index (χ0v) is 15.8. The molecule has 0 saturated carbocycles. The summed E-state index contributed by atoms with van der Waals surface area (Å²) in [4.78, 5) is 0. The maximum absolute atomic E-state index is 10.1. The van der Waals surface area contributed by atoms with Crippen molar-refractivity contribution in [3.8, 4) is 5.75 Å². The average molecular weight is 459 g/mol. The molecule has 0 unspecified atom stereocenters. The summed E-state index contributed by atoms with van der Waals surface area (Å²) in [5.74, 6) is 0.109. The van der Waals surface area contributed by atoms with Crippen LogP contribution in [-0.2, 0) is 5.41 Å². The highest BCUT2D eigenvalue weighted by Crippen LogP contribution is 2.39. The van der Waals surface area contributed by atoms with E-state index in [1.165, 1.54) is 0 Å². The molecule has 0 aliphatic rings. The largest absolute Gasteiger partial charge is 0.505 e.